The highest BCUT2D eigenvalue weighted by atomic mass is 16.5. The van der Waals surface area contributed by atoms with Crippen molar-refractivity contribution in [3.05, 3.63) is 23.8 Å². The maximum Gasteiger partial charge on any atom is 0.122 e. The summed E-state index contributed by atoms with van der Waals surface area (Å²) in [5, 5.41) is 19.9. The molecule has 1 atom stereocenters. The van der Waals surface area contributed by atoms with E-state index in [9.17, 15) is 10.2 Å². The molecule has 0 unspecified atom stereocenters. The Bertz CT molecular complexity index is 473. The molecule has 1 aromatic carbocycles. The fourth-order valence-electron chi connectivity index (χ4n) is 3.65. The van der Waals surface area contributed by atoms with Crippen molar-refractivity contribution < 1.29 is 14.9 Å². The summed E-state index contributed by atoms with van der Waals surface area (Å²) < 4.78 is 5.16. The molecule has 0 fully saturated rings. The summed E-state index contributed by atoms with van der Waals surface area (Å²) in [6.07, 6.45) is 18.5. The summed E-state index contributed by atoms with van der Waals surface area (Å²) in [7, 11) is 1.59. The molecule has 1 rings (SSSR count). The van der Waals surface area contributed by atoms with Gasteiger partial charge in [-0.25, -0.2) is 0 Å². The van der Waals surface area contributed by atoms with Crippen LogP contribution in [0.3, 0.4) is 0 Å². The highest BCUT2D eigenvalue weighted by molar-refractivity contribution is 5.37. The van der Waals surface area contributed by atoms with Crippen LogP contribution in [-0.2, 0) is 6.42 Å². The van der Waals surface area contributed by atoms with Gasteiger partial charge < -0.3 is 14.9 Å². The number of aliphatic hydroxyl groups is 1. The first-order valence-electron chi connectivity index (χ1n) is 11.2. The molecular formula is C24H42O3. The lowest BCUT2D eigenvalue weighted by molar-refractivity contribution is 0.160. The van der Waals surface area contributed by atoms with Crippen molar-refractivity contribution in [2.45, 2.75) is 109 Å². The lowest BCUT2D eigenvalue weighted by Gasteiger charge is -2.12. The second kappa shape index (κ2) is 15.8. The Morgan fingerprint density at radius 2 is 1.30 bits per heavy atom. The predicted octanol–water partition coefficient (Wildman–Crippen LogP) is 6.79. The van der Waals surface area contributed by atoms with Crippen molar-refractivity contribution in [2.75, 3.05) is 7.11 Å². The van der Waals surface area contributed by atoms with E-state index < -0.39 is 0 Å². The molecule has 0 saturated heterocycles. The lowest BCUT2D eigenvalue weighted by atomic mass is 10.0. The van der Waals surface area contributed by atoms with Gasteiger partial charge in [0.2, 0.25) is 0 Å². The second-order valence-electron chi connectivity index (χ2n) is 7.93. The van der Waals surface area contributed by atoms with E-state index in [1.807, 2.05) is 6.07 Å². The maximum atomic E-state index is 10.2. The number of hydrogen-bond acceptors (Lipinski definition) is 3. The third-order valence-corrected chi connectivity index (χ3v) is 5.30. The summed E-state index contributed by atoms with van der Waals surface area (Å²) in [5.74, 6) is 0.829. The third-order valence-electron chi connectivity index (χ3n) is 5.30. The van der Waals surface area contributed by atoms with Crippen LogP contribution in [0, 0.1) is 0 Å². The molecule has 156 valence electrons. The van der Waals surface area contributed by atoms with Gasteiger partial charge in [-0.1, -0.05) is 90.4 Å². The van der Waals surface area contributed by atoms with Crippen molar-refractivity contribution in [3.63, 3.8) is 0 Å². The number of benzene rings is 1. The van der Waals surface area contributed by atoms with Crippen LogP contribution in [0.1, 0.15) is 102 Å². The number of aromatic hydroxyl groups is 1. The Labute approximate surface area is 167 Å². The molecule has 0 spiro atoms. The number of methoxy groups -OCH3 is 1. The first kappa shape index (κ1) is 23.8. The molecule has 0 amide bonds. The molecule has 3 heteroatoms. The van der Waals surface area contributed by atoms with Gasteiger partial charge in [-0.2, -0.15) is 0 Å². The second-order valence-corrected chi connectivity index (χ2v) is 7.93. The minimum absolute atomic E-state index is 0.192. The van der Waals surface area contributed by atoms with Gasteiger partial charge in [0.15, 0.2) is 0 Å². The Kier molecular flexibility index (Phi) is 13.9. The van der Waals surface area contributed by atoms with E-state index in [4.69, 9.17) is 4.74 Å². The fourth-order valence-corrected chi connectivity index (χ4v) is 3.65. The van der Waals surface area contributed by atoms with Gasteiger partial charge in [0.1, 0.15) is 11.5 Å². The Balaban J connectivity index is 1.95. The van der Waals surface area contributed by atoms with Crippen molar-refractivity contribution in [1.82, 2.24) is 0 Å². The standard InChI is InChI=1S/C24H42O3/c1-3-4-5-6-7-8-9-10-11-12-13-14-15-16-22(25)17-21-18-23(26)20-24(19-21)27-2/h18-20,22,25-26H,3-17H2,1-2H3/t22-/m1/s1. The van der Waals surface area contributed by atoms with Crippen LogP contribution in [0.15, 0.2) is 18.2 Å². The first-order valence-corrected chi connectivity index (χ1v) is 11.2. The fraction of sp³-hybridized carbons (Fsp3) is 0.750. The highest BCUT2D eigenvalue weighted by Gasteiger charge is 2.08. The molecule has 0 saturated carbocycles. The van der Waals surface area contributed by atoms with E-state index >= 15 is 0 Å². The molecule has 0 bridgehead atoms. The van der Waals surface area contributed by atoms with Crippen LogP contribution in [0.5, 0.6) is 11.5 Å². The van der Waals surface area contributed by atoms with E-state index in [1.54, 1.807) is 19.2 Å². The van der Waals surface area contributed by atoms with Gasteiger partial charge >= 0.3 is 0 Å². The summed E-state index contributed by atoms with van der Waals surface area (Å²) in [6.45, 7) is 2.27. The molecular weight excluding hydrogens is 336 g/mol. The molecule has 1 aromatic rings. The van der Waals surface area contributed by atoms with Crippen LogP contribution < -0.4 is 4.74 Å². The molecule has 0 aliphatic carbocycles. The quantitative estimate of drug-likeness (QED) is 0.294. The smallest absolute Gasteiger partial charge is 0.122 e. The van der Waals surface area contributed by atoms with E-state index in [0.717, 1.165) is 18.4 Å². The first-order chi connectivity index (χ1) is 13.2. The van der Waals surface area contributed by atoms with Crippen LogP contribution in [-0.4, -0.2) is 23.4 Å². The minimum Gasteiger partial charge on any atom is -0.508 e. The van der Waals surface area contributed by atoms with Crippen molar-refractivity contribution >= 4 is 0 Å². The largest absolute Gasteiger partial charge is 0.508 e. The van der Waals surface area contributed by atoms with Gasteiger partial charge in [-0.3, -0.25) is 0 Å². The number of phenolic OH excluding ortho intramolecular Hbond substituents is 1. The Hall–Kier alpha value is -1.22. The number of ether oxygens (including phenoxy) is 1. The zero-order chi connectivity index (χ0) is 19.7. The minimum atomic E-state index is -0.343. The molecule has 27 heavy (non-hydrogen) atoms. The number of unbranched alkanes of at least 4 members (excludes halogenated alkanes) is 12. The lowest BCUT2D eigenvalue weighted by Crippen LogP contribution is -2.10. The zero-order valence-electron chi connectivity index (χ0n) is 17.7. The van der Waals surface area contributed by atoms with Gasteiger partial charge in [0, 0.05) is 6.07 Å². The summed E-state index contributed by atoms with van der Waals surface area (Å²) in [6, 6.07) is 5.17. The third kappa shape index (κ3) is 12.7. The van der Waals surface area contributed by atoms with Gasteiger partial charge in [-0.15, -0.1) is 0 Å². The number of phenols is 1. The van der Waals surface area contributed by atoms with Crippen LogP contribution in [0.25, 0.3) is 0 Å². The van der Waals surface area contributed by atoms with Crippen molar-refractivity contribution in [1.29, 1.82) is 0 Å². The van der Waals surface area contributed by atoms with E-state index in [2.05, 4.69) is 6.92 Å². The SMILES string of the molecule is CCCCCCCCCCCCCCC[C@@H](O)Cc1cc(O)cc(OC)c1. The monoisotopic (exact) mass is 378 g/mol. The number of aliphatic hydroxyl groups excluding tert-OH is 1. The van der Waals surface area contributed by atoms with Crippen molar-refractivity contribution in [2.24, 2.45) is 0 Å². The molecule has 0 radical (unpaired) electrons. The normalized spacial score (nSPS) is 12.3. The van der Waals surface area contributed by atoms with E-state index in [0.29, 0.717) is 12.2 Å². The Morgan fingerprint density at radius 1 is 0.778 bits per heavy atom. The molecule has 3 nitrogen and oxygen atoms in total. The molecule has 0 aliphatic heterocycles. The van der Waals surface area contributed by atoms with Gasteiger partial charge in [0.25, 0.3) is 0 Å². The number of hydrogen-bond donors (Lipinski definition) is 2. The zero-order valence-corrected chi connectivity index (χ0v) is 17.7. The van der Waals surface area contributed by atoms with Gasteiger partial charge in [0.05, 0.1) is 13.2 Å². The Morgan fingerprint density at radius 3 is 1.81 bits per heavy atom. The van der Waals surface area contributed by atoms with E-state index in [1.165, 1.54) is 77.0 Å². The average Bonchev–Trinajstić information content (AvgIpc) is 2.65. The molecule has 2 N–H and O–H groups in total. The van der Waals surface area contributed by atoms with Crippen LogP contribution >= 0.6 is 0 Å². The predicted molar refractivity (Wildman–Crippen MR) is 115 cm³/mol. The average molecular weight is 379 g/mol. The van der Waals surface area contributed by atoms with Crippen LogP contribution in [0.4, 0.5) is 0 Å². The molecule has 0 aliphatic rings. The van der Waals surface area contributed by atoms with Gasteiger partial charge in [-0.05, 0) is 30.5 Å². The number of rotatable bonds is 17. The highest BCUT2D eigenvalue weighted by Crippen LogP contribution is 2.23. The summed E-state index contributed by atoms with van der Waals surface area (Å²) in [4.78, 5) is 0. The molecule has 0 heterocycles. The van der Waals surface area contributed by atoms with E-state index in [-0.39, 0.29) is 11.9 Å². The molecule has 0 aromatic heterocycles. The summed E-state index contributed by atoms with van der Waals surface area (Å²) >= 11 is 0. The summed E-state index contributed by atoms with van der Waals surface area (Å²) in [5.41, 5.74) is 0.925. The van der Waals surface area contributed by atoms with Crippen LogP contribution in [0.2, 0.25) is 0 Å². The topological polar surface area (TPSA) is 49.7 Å². The van der Waals surface area contributed by atoms with Crippen molar-refractivity contribution in [3.8, 4) is 11.5 Å². The maximum absolute atomic E-state index is 10.2.